The minimum Gasteiger partial charge on any atom is -0.497 e. The van der Waals surface area contributed by atoms with Gasteiger partial charge in [-0.3, -0.25) is 4.79 Å². The van der Waals surface area contributed by atoms with E-state index in [4.69, 9.17) is 9.47 Å². The molecule has 2 saturated heterocycles. The van der Waals surface area contributed by atoms with E-state index < -0.39 is 0 Å². The van der Waals surface area contributed by atoms with Crippen molar-refractivity contribution in [2.75, 3.05) is 26.9 Å². The third-order valence-electron chi connectivity index (χ3n) is 6.17. The van der Waals surface area contributed by atoms with Gasteiger partial charge in [0.15, 0.2) is 0 Å². The second-order valence-electron chi connectivity index (χ2n) is 7.88. The Kier molecular flexibility index (Phi) is 6.13. The van der Waals surface area contributed by atoms with Gasteiger partial charge in [0.2, 0.25) is 5.91 Å². The van der Waals surface area contributed by atoms with Gasteiger partial charge in [-0.05, 0) is 42.5 Å². The molecule has 1 amide bonds. The fraction of sp³-hybridized carbons (Fsp3) is 0.435. The van der Waals surface area contributed by atoms with Gasteiger partial charge in [0.25, 0.3) is 0 Å². The highest BCUT2D eigenvalue weighted by molar-refractivity contribution is 5.82. The Bertz CT molecular complexity index is 804. The second kappa shape index (κ2) is 8.95. The molecule has 2 unspecified atom stereocenters. The smallest absolute Gasteiger partial charge is 0.238 e. The Morgan fingerprint density at radius 2 is 1.83 bits per heavy atom. The van der Waals surface area contributed by atoms with Gasteiger partial charge in [0, 0.05) is 31.2 Å². The first kappa shape index (κ1) is 19.9. The van der Waals surface area contributed by atoms with Crippen molar-refractivity contribution in [1.82, 2.24) is 16.2 Å². The number of hydrogen-bond donors (Lipinski definition) is 3. The van der Waals surface area contributed by atoms with Gasteiger partial charge < -0.3 is 14.8 Å². The van der Waals surface area contributed by atoms with Crippen molar-refractivity contribution in [3.63, 3.8) is 0 Å². The van der Waals surface area contributed by atoms with Crippen LogP contribution in [0.25, 0.3) is 0 Å². The molecule has 2 heterocycles. The Labute approximate surface area is 171 Å². The Hall–Kier alpha value is -2.41. The zero-order valence-electron chi connectivity index (χ0n) is 16.8. The van der Waals surface area contributed by atoms with E-state index in [0.29, 0.717) is 19.8 Å². The minimum atomic E-state index is -0.243. The molecule has 0 spiro atoms. The molecule has 154 valence electrons. The number of ether oxygens (including phenoxy) is 2. The van der Waals surface area contributed by atoms with Crippen LogP contribution in [0, 0.1) is 0 Å². The van der Waals surface area contributed by atoms with Crippen LogP contribution in [0.3, 0.4) is 0 Å². The molecule has 0 saturated carbocycles. The number of amides is 1. The van der Waals surface area contributed by atoms with E-state index in [0.717, 1.165) is 25.0 Å². The summed E-state index contributed by atoms with van der Waals surface area (Å²) >= 11 is 0. The zero-order chi connectivity index (χ0) is 20.1. The maximum atomic E-state index is 12.9. The predicted molar refractivity (Wildman–Crippen MR) is 112 cm³/mol. The fourth-order valence-corrected chi connectivity index (χ4v) is 4.29. The van der Waals surface area contributed by atoms with Crippen molar-refractivity contribution in [2.45, 2.75) is 36.8 Å². The predicted octanol–water partition coefficient (Wildman–Crippen LogP) is 2.47. The van der Waals surface area contributed by atoms with E-state index >= 15 is 0 Å². The Morgan fingerprint density at radius 3 is 2.52 bits per heavy atom. The summed E-state index contributed by atoms with van der Waals surface area (Å²) in [6.45, 7) is 2.03. The van der Waals surface area contributed by atoms with Gasteiger partial charge in [-0.15, -0.1) is 0 Å². The van der Waals surface area contributed by atoms with E-state index in [2.05, 4.69) is 40.4 Å². The molecule has 2 fully saturated rings. The molecular weight excluding hydrogens is 366 g/mol. The monoisotopic (exact) mass is 395 g/mol. The van der Waals surface area contributed by atoms with Crippen molar-refractivity contribution in [3.05, 3.63) is 65.7 Å². The van der Waals surface area contributed by atoms with Crippen LogP contribution in [0.4, 0.5) is 0 Å². The molecular formula is C23H29N3O3. The summed E-state index contributed by atoms with van der Waals surface area (Å²) in [4.78, 5) is 12.9. The lowest BCUT2D eigenvalue weighted by molar-refractivity contribution is -0.123. The maximum Gasteiger partial charge on any atom is 0.238 e. The van der Waals surface area contributed by atoms with Gasteiger partial charge in [-0.25, -0.2) is 10.9 Å². The van der Waals surface area contributed by atoms with E-state index in [1.54, 1.807) is 7.11 Å². The average molecular weight is 396 g/mol. The summed E-state index contributed by atoms with van der Waals surface area (Å²) in [5, 5.41) is 3.21. The Balaban J connectivity index is 1.40. The summed E-state index contributed by atoms with van der Waals surface area (Å²) in [5.74, 6) is 0.878. The van der Waals surface area contributed by atoms with Gasteiger partial charge in [0.1, 0.15) is 11.8 Å². The minimum absolute atomic E-state index is 0.0373. The zero-order valence-corrected chi connectivity index (χ0v) is 16.8. The fourth-order valence-electron chi connectivity index (χ4n) is 4.29. The van der Waals surface area contributed by atoms with Crippen molar-refractivity contribution >= 4 is 5.91 Å². The third kappa shape index (κ3) is 4.45. The van der Waals surface area contributed by atoms with Gasteiger partial charge in [0.05, 0.1) is 7.11 Å². The topological polar surface area (TPSA) is 71.6 Å². The summed E-state index contributed by atoms with van der Waals surface area (Å²) in [7, 11) is 1.67. The number of benzene rings is 2. The number of carbonyl (C=O) groups is 1. The highest BCUT2D eigenvalue weighted by Crippen LogP contribution is 2.35. The maximum absolute atomic E-state index is 12.9. The number of carbonyl (C=O) groups excluding carboxylic acids is 1. The van der Waals surface area contributed by atoms with Crippen LogP contribution >= 0.6 is 0 Å². The molecule has 2 aliphatic heterocycles. The molecule has 29 heavy (non-hydrogen) atoms. The average Bonchev–Trinajstić information content (AvgIpc) is 3.29. The number of hydrazine groups is 1. The van der Waals surface area contributed by atoms with Crippen molar-refractivity contribution in [3.8, 4) is 5.75 Å². The number of methoxy groups -OCH3 is 1. The summed E-state index contributed by atoms with van der Waals surface area (Å²) in [5.41, 5.74) is 8.71. The summed E-state index contributed by atoms with van der Waals surface area (Å²) in [6.07, 6.45) is 2.51. The van der Waals surface area contributed by atoms with Crippen molar-refractivity contribution < 1.29 is 14.3 Å². The van der Waals surface area contributed by atoms with Crippen LogP contribution in [0.15, 0.2) is 54.6 Å². The van der Waals surface area contributed by atoms with Crippen LogP contribution < -0.4 is 20.9 Å². The molecule has 2 atom stereocenters. The van der Waals surface area contributed by atoms with Crippen LogP contribution in [-0.2, 0) is 14.9 Å². The molecule has 0 radical (unpaired) electrons. The highest BCUT2D eigenvalue weighted by atomic mass is 16.5. The third-order valence-corrected chi connectivity index (χ3v) is 6.17. The van der Waals surface area contributed by atoms with E-state index in [-0.39, 0.29) is 23.4 Å². The van der Waals surface area contributed by atoms with E-state index in [9.17, 15) is 4.79 Å². The molecule has 2 aromatic rings. The SMILES string of the molecule is COc1ccc(C2(CNC(=O)C3CC(c4ccccc4)NN3)CCOCC2)cc1. The largest absolute Gasteiger partial charge is 0.497 e. The molecule has 6 heteroatoms. The highest BCUT2D eigenvalue weighted by Gasteiger charge is 2.36. The summed E-state index contributed by atoms with van der Waals surface area (Å²) < 4.78 is 10.9. The first-order valence-electron chi connectivity index (χ1n) is 10.3. The second-order valence-corrected chi connectivity index (χ2v) is 7.88. The lowest BCUT2D eigenvalue weighted by Gasteiger charge is -2.38. The molecule has 4 rings (SSSR count). The molecule has 0 aromatic heterocycles. The molecule has 2 aliphatic rings. The Morgan fingerprint density at radius 1 is 1.10 bits per heavy atom. The number of nitrogens with one attached hydrogen (secondary N) is 3. The lowest BCUT2D eigenvalue weighted by atomic mass is 9.74. The van der Waals surface area contributed by atoms with Crippen LogP contribution in [0.1, 0.15) is 36.4 Å². The van der Waals surface area contributed by atoms with Crippen molar-refractivity contribution in [2.24, 2.45) is 0 Å². The molecule has 6 nitrogen and oxygen atoms in total. The number of hydrogen-bond acceptors (Lipinski definition) is 5. The number of rotatable bonds is 6. The van der Waals surface area contributed by atoms with Gasteiger partial charge in [-0.1, -0.05) is 42.5 Å². The molecule has 0 aliphatic carbocycles. The molecule has 2 aromatic carbocycles. The van der Waals surface area contributed by atoms with Crippen molar-refractivity contribution in [1.29, 1.82) is 0 Å². The molecule has 3 N–H and O–H groups in total. The standard InChI is InChI=1S/C23H29N3O3/c1-28-19-9-7-18(8-10-19)23(11-13-29-14-12-23)16-24-22(27)21-15-20(25-26-21)17-5-3-2-4-6-17/h2-10,20-21,25-26H,11-16H2,1H3,(H,24,27). The lowest BCUT2D eigenvalue weighted by Crippen LogP contribution is -2.49. The molecule has 0 bridgehead atoms. The van der Waals surface area contributed by atoms with Crippen LogP contribution in [0.2, 0.25) is 0 Å². The quantitative estimate of drug-likeness (QED) is 0.701. The first-order valence-corrected chi connectivity index (χ1v) is 10.3. The normalized spacial score (nSPS) is 23.5. The van der Waals surface area contributed by atoms with Crippen LogP contribution in [0.5, 0.6) is 5.75 Å². The van der Waals surface area contributed by atoms with E-state index in [1.807, 2.05) is 30.3 Å². The van der Waals surface area contributed by atoms with E-state index in [1.165, 1.54) is 11.1 Å². The van der Waals surface area contributed by atoms with Crippen LogP contribution in [-0.4, -0.2) is 38.8 Å². The van der Waals surface area contributed by atoms with Gasteiger partial charge in [-0.2, -0.15) is 0 Å². The van der Waals surface area contributed by atoms with Gasteiger partial charge >= 0.3 is 0 Å². The first-order chi connectivity index (χ1) is 14.2. The summed E-state index contributed by atoms with van der Waals surface area (Å²) in [6, 6.07) is 18.3.